The van der Waals surface area contributed by atoms with E-state index in [2.05, 4.69) is 5.32 Å². The van der Waals surface area contributed by atoms with E-state index in [1.54, 1.807) is 24.3 Å². The van der Waals surface area contributed by atoms with Gasteiger partial charge in [0.2, 0.25) is 0 Å². The second-order valence-corrected chi connectivity index (χ2v) is 9.53. The zero-order chi connectivity index (χ0) is 26.6. The molecule has 9 heteroatoms. The van der Waals surface area contributed by atoms with E-state index in [0.717, 1.165) is 5.56 Å². The van der Waals surface area contributed by atoms with Crippen LogP contribution in [0.4, 0.5) is 4.39 Å². The van der Waals surface area contributed by atoms with Gasteiger partial charge >= 0.3 is 0 Å². The zero-order valence-electron chi connectivity index (χ0n) is 21.1. The molecule has 38 heavy (non-hydrogen) atoms. The van der Waals surface area contributed by atoms with Gasteiger partial charge in [0.25, 0.3) is 5.91 Å². The number of benzene rings is 2. The van der Waals surface area contributed by atoms with Crippen molar-refractivity contribution in [2.24, 2.45) is 0 Å². The first-order valence-corrected chi connectivity index (χ1v) is 12.7. The second kappa shape index (κ2) is 11.4. The first-order chi connectivity index (χ1) is 18.4. The van der Waals surface area contributed by atoms with Crippen molar-refractivity contribution in [2.75, 3.05) is 26.9 Å². The van der Waals surface area contributed by atoms with Crippen molar-refractivity contribution in [1.82, 2.24) is 5.32 Å². The molecule has 5 rings (SSSR count). The lowest BCUT2D eigenvalue weighted by Crippen LogP contribution is -2.48. The molecule has 0 bridgehead atoms. The van der Waals surface area contributed by atoms with Gasteiger partial charge in [0.15, 0.2) is 5.78 Å². The highest BCUT2D eigenvalue weighted by atomic mass is 19.1. The number of rotatable bonds is 9. The molecule has 0 saturated carbocycles. The van der Waals surface area contributed by atoms with Gasteiger partial charge in [-0.15, -0.1) is 0 Å². The molecule has 0 radical (unpaired) electrons. The van der Waals surface area contributed by atoms with Crippen molar-refractivity contribution in [3.05, 3.63) is 82.1 Å². The summed E-state index contributed by atoms with van der Waals surface area (Å²) in [5.41, 5.74) is 2.50. The van der Waals surface area contributed by atoms with Crippen molar-refractivity contribution in [3.8, 4) is 11.5 Å². The van der Waals surface area contributed by atoms with Crippen molar-refractivity contribution < 1.29 is 37.7 Å². The molecule has 1 fully saturated rings. The zero-order valence-corrected chi connectivity index (χ0v) is 21.1. The van der Waals surface area contributed by atoms with E-state index < -0.39 is 18.0 Å². The van der Waals surface area contributed by atoms with E-state index in [-0.39, 0.29) is 30.3 Å². The van der Waals surface area contributed by atoms with Crippen LogP contribution in [0.1, 0.15) is 56.0 Å². The number of carbonyl (C=O) groups is 2. The lowest BCUT2D eigenvalue weighted by Gasteiger charge is -2.28. The Kier molecular flexibility index (Phi) is 7.76. The van der Waals surface area contributed by atoms with Gasteiger partial charge in [0, 0.05) is 37.9 Å². The minimum Gasteiger partial charge on any atom is -0.495 e. The average Bonchev–Trinajstić information content (AvgIpc) is 3.61. The number of ketones is 1. The molecule has 200 valence electrons. The Balaban J connectivity index is 1.37. The number of carbonyl (C=O) groups excluding carboxylic acids is 2. The second-order valence-electron chi connectivity index (χ2n) is 9.53. The highest BCUT2D eigenvalue weighted by molar-refractivity contribution is 5.98. The maximum absolute atomic E-state index is 15.0. The van der Waals surface area contributed by atoms with E-state index in [1.807, 2.05) is 0 Å². The maximum atomic E-state index is 15.0. The third-order valence-corrected chi connectivity index (χ3v) is 7.00. The molecule has 3 heterocycles. The number of aryl methyl sites for hydroxylation is 1. The number of fused-ring (bicyclic) bond motifs is 1. The van der Waals surface area contributed by atoms with Crippen LogP contribution < -0.4 is 14.8 Å². The van der Waals surface area contributed by atoms with Crippen LogP contribution in [0.15, 0.2) is 47.1 Å². The molecule has 1 saturated heterocycles. The van der Waals surface area contributed by atoms with Gasteiger partial charge in [-0.1, -0.05) is 6.07 Å². The molecule has 2 aliphatic heterocycles. The molecule has 2 N–H and O–H groups in total. The predicted octanol–water partition coefficient (Wildman–Crippen LogP) is 3.65. The molecule has 8 nitrogen and oxygen atoms in total. The summed E-state index contributed by atoms with van der Waals surface area (Å²) in [5.74, 6) is 0.479. The number of methoxy groups -OCH3 is 1. The molecular formula is C29H30FNO7. The van der Waals surface area contributed by atoms with Crippen LogP contribution in [0.25, 0.3) is 0 Å². The van der Waals surface area contributed by atoms with Gasteiger partial charge in [0.1, 0.15) is 23.1 Å². The van der Waals surface area contributed by atoms with Crippen molar-refractivity contribution >= 4 is 11.7 Å². The number of hydrogen-bond acceptors (Lipinski definition) is 7. The molecular weight excluding hydrogens is 493 g/mol. The number of Topliss-reactive ketones (excluding diaryl/α,β-unsaturated/α-hetero) is 1. The number of nitrogens with one attached hydrogen (secondary N) is 1. The molecule has 1 amide bonds. The van der Waals surface area contributed by atoms with Crippen LogP contribution in [0.3, 0.4) is 0 Å². The van der Waals surface area contributed by atoms with Gasteiger partial charge < -0.3 is 29.1 Å². The van der Waals surface area contributed by atoms with E-state index in [1.165, 1.54) is 25.5 Å². The first kappa shape index (κ1) is 25.9. The summed E-state index contributed by atoms with van der Waals surface area (Å²) in [6.45, 7) is 1.06. The fraction of sp³-hybridized carbons (Fsp3) is 0.379. The van der Waals surface area contributed by atoms with Crippen LogP contribution in [-0.4, -0.2) is 55.9 Å². The summed E-state index contributed by atoms with van der Waals surface area (Å²) in [6.07, 6.45) is 2.66. The molecule has 0 aliphatic carbocycles. The van der Waals surface area contributed by atoms with Crippen LogP contribution in [0.5, 0.6) is 11.5 Å². The third kappa shape index (κ3) is 5.44. The number of ether oxygens (including phenoxy) is 3. The Morgan fingerprint density at radius 3 is 2.79 bits per heavy atom. The predicted molar refractivity (Wildman–Crippen MR) is 135 cm³/mol. The topological polar surface area (TPSA) is 107 Å². The highest BCUT2D eigenvalue weighted by Crippen LogP contribution is 2.40. The largest absolute Gasteiger partial charge is 0.495 e. The average molecular weight is 524 g/mol. The number of furan rings is 1. The summed E-state index contributed by atoms with van der Waals surface area (Å²) in [7, 11) is 1.50. The van der Waals surface area contributed by atoms with Gasteiger partial charge in [-0.2, -0.15) is 0 Å². The fourth-order valence-electron chi connectivity index (χ4n) is 5.04. The standard InChI is InChI=1S/C29H30FNO7/c1-35-28-21-8-12-38-27(21)18(15-22(28)29(34)31-24-9-11-36-16-26(24)33)13-17-4-6-20(23(30)14-17)25(32)7-5-19-3-2-10-37-19/h2-4,6,10,14-15,24,26,33H,5,7-9,11-13,16H2,1H3,(H,31,34)/t24-,26-/m0/s1. The Bertz CT molecular complexity index is 1320. The fourth-order valence-corrected chi connectivity index (χ4v) is 5.04. The van der Waals surface area contributed by atoms with Crippen molar-refractivity contribution in [1.29, 1.82) is 0 Å². The van der Waals surface area contributed by atoms with Crippen LogP contribution >= 0.6 is 0 Å². The molecule has 1 aromatic heterocycles. The molecule has 3 aromatic rings. The molecule has 2 aliphatic rings. The summed E-state index contributed by atoms with van der Waals surface area (Å²) >= 11 is 0. The highest BCUT2D eigenvalue weighted by Gasteiger charge is 2.30. The number of amides is 1. The lowest BCUT2D eigenvalue weighted by atomic mass is 9.95. The van der Waals surface area contributed by atoms with E-state index in [4.69, 9.17) is 18.6 Å². The summed E-state index contributed by atoms with van der Waals surface area (Å²) in [4.78, 5) is 25.8. The summed E-state index contributed by atoms with van der Waals surface area (Å²) in [5, 5.41) is 13.1. The van der Waals surface area contributed by atoms with E-state index in [9.17, 15) is 19.1 Å². The van der Waals surface area contributed by atoms with E-state index >= 15 is 0 Å². The number of aliphatic hydroxyl groups is 1. The minimum absolute atomic E-state index is 0.0339. The van der Waals surface area contributed by atoms with Crippen LogP contribution in [0.2, 0.25) is 0 Å². The summed E-state index contributed by atoms with van der Waals surface area (Å²) < 4.78 is 37.0. The van der Waals surface area contributed by atoms with Gasteiger partial charge in [-0.05, 0) is 47.9 Å². The molecule has 2 atom stereocenters. The monoisotopic (exact) mass is 523 g/mol. The maximum Gasteiger partial charge on any atom is 0.255 e. The number of halogens is 1. The molecule has 0 unspecified atom stereocenters. The van der Waals surface area contributed by atoms with E-state index in [0.29, 0.717) is 72.8 Å². The minimum atomic E-state index is -0.792. The Morgan fingerprint density at radius 1 is 1.18 bits per heavy atom. The third-order valence-electron chi connectivity index (χ3n) is 7.00. The first-order valence-electron chi connectivity index (χ1n) is 12.7. The smallest absolute Gasteiger partial charge is 0.255 e. The molecule has 2 aromatic carbocycles. The van der Waals surface area contributed by atoms with Gasteiger partial charge in [-0.3, -0.25) is 9.59 Å². The van der Waals surface area contributed by atoms with Gasteiger partial charge in [0.05, 0.1) is 49.9 Å². The quantitative estimate of drug-likeness (QED) is 0.413. The number of hydrogen-bond donors (Lipinski definition) is 2. The molecule has 0 spiro atoms. The Hall–Kier alpha value is -3.69. The lowest BCUT2D eigenvalue weighted by molar-refractivity contribution is -0.0261. The van der Waals surface area contributed by atoms with Gasteiger partial charge in [-0.25, -0.2) is 4.39 Å². The number of aliphatic hydroxyl groups excluding tert-OH is 1. The Morgan fingerprint density at radius 2 is 2.05 bits per heavy atom. The van der Waals surface area contributed by atoms with Crippen LogP contribution in [-0.2, 0) is 24.0 Å². The van der Waals surface area contributed by atoms with Crippen molar-refractivity contribution in [2.45, 2.75) is 44.2 Å². The summed E-state index contributed by atoms with van der Waals surface area (Å²) in [6, 6.07) is 9.36. The van der Waals surface area contributed by atoms with Crippen LogP contribution in [0, 0.1) is 5.82 Å². The van der Waals surface area contributed by atoms with Crippen molar-refractivity contribution in [3.63, 3.8) is 0 Å². The SMILES string of the molecule is COc1c(C(=O)N[C@H]2CCOC[C@@H]2O)cc(Cc2ccc(C(=O)CCc3ccco3)c(F)c2)c2c1CCO2. The normalized spacial score (nSPS) is 18.5. The Labute approximate surface area is 219 Å².